The molecule has 0 radical (unpaired) electrons. The minimum absolute atomic E-state index is 0.0129. The predicted octanol–water partition coefficient (Wildman–Crippen LogP) is 5.12. The second-order valence-electron chi connectivity index (χ2n) is 8.91. The maximum Gasteiger partial charge on any atom is 0.264 e. The van der Waals surface area contributed by atoms with Crippen LogP contribution in [0.5, 0.6) is 0 Å². The molecule has 38 heavy (non-hydrogen) atoms. The number of amides is 2. The summed E-state index contributed by atoms with van der Waals surface area (Å²) < 4.78 is 43.7. The second-order valence-corrected chi connectivity index (χ2v) is 11.7. The van der Waals surface area contributed by atoms with Crippen molar-refractivity contribution in [2.45, 2.75) is 50.7 Å². The van der Waals surface area contributed by atoms with Crippen molar-refractivity contribution in [3.8, 4) is 0 Å². The van der Waals surface area contributed by atoms with Gasteiger partial charge in [-0.3, -0.25) is 13.9 Å². The molecule has 1 N–H and O–H groups in total. The number of sulfonamides is 1. The van der Waals surface area contributed by atoms with E-state index in [9.17, 15) is 22.4 Å². The molecule has 0 bridgehead atoms. The maximum atomic E-state index is 14.6. The number of hydrogen-bond donors (Lipinski definition) is 1. The highest BCUT2D eigenvalue weighted by molar-refractivity contribution is 9.10. The summed E-state index contributed by atoms with van der Waals surface area (Å²) in [5, 5.41) is 2.85. The summed E-state index contributed by atoms with van der Waals surface area (Å²) >= 11 is 3.35. The van der Waals surface area contributed by atoms with Crippen LogP contribution in [-0.2, 0) is 26.2 Å². The number of hydrogen-bond acceptors (Lipinski definition) is 4. The highest BCUT2D eigenvalue weighted by Gasteiger charge is 2.33. The fraction of sp³-hybridized carbons (Fsp3) is 0.286. The lowest BCUT2D eigenvalue weighted by Gasteiger charge is -2.32. The minimum Gasteiger partial charge on any atom is -0.352 e. The number of benzene rings is 3. The third-order valence-corrected chi connectivity index (χ3v) is 8.51. The average Bonchev–Trinajstić information content (AvgIpc) is 2.91. The topological polar surface area (TPSA) is 86.8 Å². The van der Waals surface area contributed by atoms with Gasteiger partial charge in [0.15, 0.2) is 0 Å². The molecule has 0 saturated heterocycles. The van der Waals surface area contributed by atoms with Gasteiger partial charge in [0.1, 0.15) is 18.4 Å². The van der Waals surface area contributed by atoms with E-state index in [1.807, 2.05) is 13.8 Å². The summed E-state index contributed by atoms with van der Waals surface area (Å²) in [4.78, 5) is 28.0. The molecule has 0 spiro atoms. The van der Waals surface area contributed by atoms with Crippen LogP contribution in [0, 0.1) is 5.82 Å². The van der Waals surface area contributed by atoms with Gasteiger partial charge in [0, 0.05) is 22.6 Å². The SMILES string of the molecule is CC[C@@H](C)NC(=O)[C@H](C)N(Cc1ccccc1F)C(=O)CN(c1ccc(Br)cc1)S(=O)(=O)c1ccccc1. The van der Waals surface area contributed by atoms with Gasteiger partial charge < -0.3 is 10.2 Å². The Morgan fingerprint density at radius 2 is 1.55 bits per heavy atom. The molecule has 3 aromatic rings. The van der Waals surface area contributed by atoms with Crippen molar-refractivity contribution >= 4 is 43.5 Å². The highest BCUT2D eigenvalue weighted by atomic mass is 79.9. The lowest BCUT2D eigenvalue weighted by molar-refractivity contribution is -0.139. The first kappa shape index (κ1) is 29.3. The van der Waals surface area contributed by atoms with E-state index in [0.29, 0.717) is 6.42 Å². The number of carbonyl (C=O) groups is 2. The minimum atomic E-state index is -4.15. The Morgan fingerprint density at radius 1 is 0.947 bits per heavy atom. The molecule has 0 aliphatic rings. The largest absolute Gasteiger partial charge is 0.352 e. The van der Waals surface area contributed by atoms with E-state index in [2.05, 4.69) is 21.2 Å². The zero-order valence-corrected chi connectivity index (χ0v) is 23.9. The van der Waals surface area contributed by atoms with E-state index >= 15 is 0 Å². The molecule has 0 fully saturated rings. The number of carbonyl (C=O) groups excluding carboxylic acids is 2. The van der Waals surface area contributed by atoms with Gasteiger partial charge in [0.25, 0.3) is 10.0 Å². The molecular formula is C28H31BrFN3O4S. The Bertz CT molecular complexity index is 1350. The van der Waals surface area contributed by atoms with E-state index in [-0.39, 0.29) is 28.7 Å². The predicted molar refractivity (Wildman–Crippen MR) is 149 cm³/mol. The van der Waals surface area contributed by atoms with Crippen LogP contribution < -0.4 is 9.62 Å². The number of nitrogens with one attached hydrogen (secondary N) is 1. The number of anilines is 1. The van der Waals surface area contributed by atoms with Crippen molar-refractivity contribution in [3.63, 3.8) is 0 Å². The van der Waals surface area contributed by atoms with Crippen LogP contribution >= 0.6 is 15.9 Å². The number of halogens is 2. The Labute approximate surface area is 231 Å². The summed E-state index contributed by atoms with van der Waals surface area (Å²) in [6.45, 7) is 4.51. The van der Waals surface area contributed by atoms with Crippen molar-refractivity contribution in [2.75, 3.05) is 10.8 Å². The zero-order valence-electron chi connectivity index (χ0n) is 21.5. The van der Waals surface area contributed by atoms with Gasteiger partial charge >= 0.3 is 0 Å². The van der Waals surface area contributed by atoms with Crippen molar-refractivity contribution < 1.29 is 22.4 Å². The Kier molecular flexibility index (Phi) is 10.0. The fourth-order valence-corrected chi connectivity index (χ4v) is 5.41. The van der Waals surface area contributed by atoms with Crippen molar-refractivity contribution in [1.29, 1.82) is 0 Å². The Balaban J connectivity index is 2.02. The van der Waals surface area contributed by atoms with Gasteiger partial charge in [0.05, 0.1) is 10.6 Å². The highest BCUT2D eigenvalue weighted by Crippen LogP contribution is 2.26. The van der Waals surface area contributed by atoms with Crippen molar-refractivity contribution in [3.05, 3.63) is 94.7 Å². The van der Waals surface area contributed by atoms with Gasteiger partial charge in [-0.05, 0) is 62.7 Å². The molecule has 0 heterocycles. The van der Waals surface area contributed by atoms with Gasteiger partial charge in [-0.1, -0.05) is 59.3 Å². The molecule has 7 nitrogen and oxygen atoms in total. The van der Waals surface area contributed by atoms with E-state index < -0.39 is 40.2 Å². The third kappa shape index (κ3) is 7.20. The molecule has 202 valence electrons. The van der Waals surface area contributed by atoms with Crippen molar-refractivity contribution in [1.82, 2.24) is 10.2 Å². The third-order valence-electron chi connectivity index (χ3n) is 6.19. The average molecular weight is 605 g/mol. The van der Waals surface area contributed by atoms with E-state index in [1.54, 1.807) is 55.5 Å². The van der Waals surface area contributed by atoms with Gasteiger partial charge in [-0.2, -0.15) is 0 Å². The summed E-state index contributed by atoms with van der Waals surface area (Å²) in [5.41, 5.74) is 0.484. The Morgan fingerprint density at radius 3 is 2.16 bits per heavy atom. The van der Waals surface area contributed by atoms with E-state index in [1.165, 1.54) is 35.2 Å². The van der Waals surface area contributed by atoms with Crippen LogP contribution in [0.25, 0.3) is 0 Å². The summed E-state index contributed by atoms with van der Waals surface area (Å²) in [6.07, 6.45) is 0.687. The number of rotatable bonds is 11. The molecule has 2 atom stereocenters. The molecule has 0 aliphatic heterocycles. The smallest absolute Gasteiger partial charge is 0.264 e. The first-order valence-corrected chi connectivity index (χ1v) is 14.4. The van der Waals surface area contributed by atoms with Crippen LogP contribution in [0.15, 0.2) is 88.2 Å². The monoisotopic (exact) mass is 603 g/mol. The fourth-order valence-electron chi connectivity index (χ4n) is 3.71. The van der Waals surface area contributed by atoms with Crippen molar-refractivity contribution in [2.24, 2.45) is 0 Å². The molecule has 2 amide bonds. The lowest BCUT2D eigenvalue weighted by Crippen LogP contribution is -2.52. The van der Waals surface area contributed by atoms with Gasteiger partial charge in [-0.15, -0.1) is 0 Å². The standard InChI is InChI=1S/C28H31BrFN3O4S/c1-4-20(2)31-28(35)21(3)32(18-22-10-8-9-13-26(22)30)27(34)19-33(24-16-14-23(29)15-17-24)38(36,37)25-11-6-5-7-12-25/h5-17,20-21H,4,18-19H2,1-3H3,(H,31,35)/t20-,21+/m1/s1. The quantitative estimate of drug-likeness (QED) is 0.330. The summed E-state index contributed by atoms with van der Waals surface area (Å²) in [5.74, 6) is -1.59. The zero-order chi connectivity index (χ0) is 27.9. The molecule has 0 unspecified atom stereocenters. The van der Waals surface area contributed by atoms with Crippen LogP contribution in [-0.4, -0.2) is 43.8 Å². The van der Waals surface area contributed by atoms with Gasteiger partial charge in [-0.25, -0.2) is 12.8 Å². The lowest BCUT2D eigenvalue weighted by atomic mass is 10.1. The van der Waals surface area contributed by atoms with Crippen LogP contribution in [0.3, 0.4) is 0 Å². The maximum absolute atomic E-state index is 14.6. The molecule has 0 aromatic heterocycles. The normalized spacial score (nSPS) is 12.9. The van der Waals surface area contributed by atoms with Crippen LogP contribution in [0.1, 0.15) is 32.8 Å². The van der Waals surface area contributed by atoms with E-state index in [0.717, 1.165) is 8.78 Å². The molecule has 3 rings (SSSR count). The Hall–Kier alpha value is -3.24. The van der Waals surface area contributed by atoms with Crippen LogP contribution in [0.4, 0.5) is 10.1 Å². The summed E-state index contributed by atoms with van der Waals surface area (Å²) in [6, 6.07) is 19.2. The number of nitrogens with zero attached hydrogens (tertiary/aromatic N) is 2. The molecule has 3 aromatic carbocycles. The van der Waals surface area contributed by atoms with E-state index in [4.69, 9.17) is 0 Å². The first-order valence-electron chi connectivity index (χ1n) is 12.2. The molecule has 10 heteroatoms. The second kappa shape index (κ2) is 13.0. The van der Waals surface area contributed by atoms with Crippen LogP contribution in [0.2, 0.25) is 0 Å². The molecular weight excluding hydrogens is 573 g/mol. The van der Waals surface area contributed by atoms with Gasteiger partial charge in [0.2, 0.25) is 11.8 Å². The molecule has 0 saturated carbocycles. The molecule has 0 aliphatic carbocycles. The summed E-state index contributed by atoms with van der Waals surface area (Å²) in [7, 11) is -4.15. The first-order chi connectivity index (χ1) is 18.0.